The first-order valence-corrected chi connectivity index (χ1v) is 10.2. The molecule has 0 atom stereocenters. The molecule has 28 heavy (non-hydrogen) atoms. The highest BCUT2D eigenvalue weighted by molar-refractivity contribution is 9.10. The van der Waals surface area contributed by atoms with Crippen molar-refractivity contribution in [3.63, 3.8) is 0 Å². The number of carbonyl (C=O) groups excluding carboxylic acids is 1. The van der Waals surface area contributed by atoms with Crippen molar-refractivity contribution in [1.82, 2.24) is 4.90 Å². The zero-order chi connectivity index (χ0) is 20.3. The summed E-state index contributed by atoms with van der Waals surface area (Å²) in [5.41, 5.74) is 1.02. The predicted molar refractivity (Wildman–Crippen MR) is 113 cm³/mol. The lowest BCUT2D eigenvalue weighted by molar-refractivity contribution is -0.122. The Balaban J connectivity index is 1.97. The molecular formula is C20H18BrFN2O3S. The number of benzene rings is 2. The van der Waals surface area contributed by atoms with Gasteiger partial charge in [-0.2, -0.15) is 0 Å². The van der Waals surface area contributed by atoms with E-state index >= 15 is 0 Å². The van der Waals surface area contributed by atoms with Crippen LogP contribution in [0.3, 0.4) is 0 Å². The Morgan fingerprint density at radius 3 is 2.64 bits per heavy atom. The van der Waals surface area contributed by atoms with Crippen molar-refractivity contribution in [3.8, 4) is 11.5 Å². The normalized spacial score (nSPS) is 17.0. The van der Waals surface area contributed by atoms with Gasteiger partial charge in [0.15, 0.2) is 16.7 Å². The SMILES string of the molecule is CCOc1cc(Br)cc(/C=C2/SC(=Nc3ccc(F)cc3)N(CC)C2=O)c1O. The number of hydrogen-bond acceptors (Lipinski definition) is 5. The third-order valence-corrected chi connectivity index (χ3v) is 5.38. The van der Waals surface area contributed by atoms with Crippen molar-refractivity contribution in [1.29, 1.82) is 0 Å². The average Bonchev–Trinajstić information content (AvgIpc) is 2.95. The number of ether oxygens (including phenoxy) is 1. The van der Waals surface area contributed by atoms with Crippen LogP contribution in [0.15, 0.2) is 50.8 Å². The third kappa shape index (κ3) is 4.39. The molecule has 2 aromatic carbocycles. The van der Waals surface area contributed by atoms with E-state index in [1.165, 1.54) is 23.9 Å². The lowest BCUT2D eigenvalue weighted by atomic mass is 10.1. The average molecular weight is 465 g/mol. The monoisotopic (exact) mass is 464 g/mol. The Labute approximate surface area is 175 Å². The molecule has 5 nitrogen and oxygen atoms in total. The molecule has 3 rings (SSSR count). The molecule has 8 heteroatoms. The number of nitrogens with zero attached hydrogens (tertiary/aromatic N) is 2. The maximum atomic E-state index is 13.1. The molecule has 0 unspecified atom stereocenters. The quantitative estimate of drug-likeness (QED) is 0.608. The van der Waals surface area contributed by atoms with Crippen LogP contribution in [-0.2, 0) is 4.79 Å². The number of rotatable bonds is 5. The summed E-state index contributed by atoms with van der Waals surface area (Å²) in [4.78, 5) is 19.2. The van der Waals surface area contributed by atoms with E-state index in [2.05, 4.69) is 20.9 Å². The maximum absolute atomic E-state index is 13.1. The summed E-state index contributed by atoms with van der Waals surface area (Å²) in [7, 11) is 0. The Kier molecular flexibility index (Phi) is 6.41. The van der Waals surface area contributed by atoms with Gasteiger partial charge in [-0.15, -0.1) is 0 Å². The summed E-state index contributed by atoms with van der Waals surface area (Å²) < 4.78 is 19.3. The summed E-state index contributed by atoms with van der Waals surface area (Å²) in [5.74, 6) is -0.238. The Morgan fingerprint density at radius 1 is 1.29 bits per heavy atom. The lowest BCUT2D eigenvalue weighted by Gasteiger charge is -2.12. The fraction of sp³-hybridized carbons (Fsp3) is 0.200. The number of phenols is 1. The van der Waals surface area contributed by atoms with Gasteiger partial charge in [-0.05, 0) is 68.1 Å². The molecule has 1 amide bonds. The van der Waals surface area contributed by atoms with E-state index in [0.29, 0.717) is 40.2 Å². The third-order valence-electron chi connectivity index (χ3n) is 3.91. The van der Waals surface area contributed by atoms with Crippen LogP contribution in [0.4, 0.5) is 10.1 Å². The lowest BCUT2D eigenvalue weighted by Crippen LogP contribution is -2.28. The van der Waals surface area contributed by atoms with Crippen molar-refractivity contribution in [3.05, 3.63) is 57.2 Å². The Morgan fingerprint density at radius 2 is 2.00 bits per heavy atom. The first-order chi connectivity index (χ1) is 13.4. The van der Waals surface area contributed by atoms with Crippen molar-refractivity contribution in [2.75, 3.05) is 13.2 Å². The largest absolute Gasteiger partial charge is 0.504 e. The van der Waals surface area contributed by atoms with Gasteiger partial charge in [0, 0.05) is 16.6 Å². The van der Waals surface area contributed by atoms with E-state index in [1.54, 1.807) is 35.2 Å². The summed E-state index contributed by atoms with van der Waals surface area (Å²) in [6.45, 7) is 4.53. The number of thioether (sulfide) groups is 1. The predicted octanol–water partition coefficient (Wildman–Crippen LogP) is 5.32. The molecule has 1 saturated heterocycles. The molecule has 1 aliphatic rings. The molecule has 0 bridgehead atoms. The van der Waals surface area contributed by atoms with Gasteiger partial charge in [-0.3, -0.25) is 9.69 Å². The molecule has 1 heterocycles. The van der Waals surface area contributed by atoms with Gasteiger partial charge in [0.2, 0.25) is 0 Å². The summed E-state index contributed by atoms with van der Waals surface area (Å²) in [5, 5.41) is 11.0. The fourth-order valence-corrected chi connectivity index (χ4v) is 4.12. The minimum atomic E-state index is -0.345. The summed E-state index contributed by atoms with van der Waals surface area (Å²) in [6.07, 6.45) is 1.62. The maximum Gasteiger partial charge on any atom is 0.266 e. The van der Waals surface area contributed by atoms with Crippen LogP contribution in [0.5, 0.6) is 11.5 Å². The number of aliphatic imine (C=N–C) groups is 1. The zero-order valence-electron chi connectivity index (χ0n) is 15.3. The van der Waals surface area contributed by atoms with E-state index in [-0.39, 0.29) is 17.5 Å². The van der Waals surface area contributed by atoms with Crippen LogP contribution in [0.2, 0.25) is 0 Å². The molecule has 0 radical (unpaired) electrons. The number of hydrogen-bond donors (Lipinski definition) is 1. The molecule has 1 N–H and O–H groups in total. The topological polar surface area (TPSA) is 62.1 Å². The van der Waals surface area contributed by atoms with Gasteiger partial charge in [0.05, 0.1) is 17.2 Å². The smallest absolute Gasteiger partial charge is 0.266 e. The molecule has 0 aliphatic carbocycles. The number of amidine groups is 1. The van der Waals surface area contributed by atoms with Gasteiger partial charge in [0.1, 0.15) is 5.82 Å². The van der Waals surface area contributed by atoms with Gasteiger partial charge < -0.3 is 9.84 Å². The van der Waals surface area contributed by atoms with Crippen LogP contribution in [-0.4, -0.2) is 34.2 Å². The van der Waals surface area contributed by atoms with E-state index in [0.717, 1.165) is 4.47 Å². The van der Waals surface area contributed by atoms with Gasteiger partial charge in [-0.25, -0.2) is 9.38 Å². The highest BCUT2D eigenvalue weighted by atomic mass is 79.9. The molecule has 0 saturated carbocycles. The van der Waals surface area contributed by atoms with E-state index in [4.69, 9.17) is 4.74 Å². The molecule has 1 fully saturated rings. The second-order valence-electron chi connectivity index (χ2n) is 5.81. The van der Waals surface area contributed by atoms with E-state index in [9.17, 15) is 14.3 Å². The molecule has 0 aromatic heterocycles. The minimum Gasteiger partial charge on any atom is -0.504 e. The van der Waals surface area contributed by atoms with E-state index < -0.39 is 0 Å². The van der Waals surface area contributed by atoms with Crippen molar-refractivity contribution < 1.29 is 19.0 Å². The Bertz CT molecular complexity index is 961. The van der Waals surface area contributed by atoms with Crippen molar-refractivity contribution in [2.45, 2.75) is 13.8 Å². The minimum absolute atomic E-state index is 0.0297. The van der Waals surface area contributed by atoms with Crippen LogP contribution in [0.25, 0.3) is 6.08 Å². The van der Waals surface area contributed by atoms with Crippen LogP contribution in [0, 0.1) is 5.82 Å². The van der Waals surface area contributed by atoms with Crippen LogP contribution in [0.1, 0.15) is 19.4 Å². The van der Waals surface area contributed by atoms with Crippen LogP contribution < -0.4 is 4.74 Å². The molecule has 1 aliphatic heterocycles. The second kappa shape index (κ2) is 8.79. The van der Waals surface area contributed by atoms with Crippen molar-refractivity contribution >= 4 is 50.5 Å². The standard InChI is InChI=1S/C20H18BrFN2O3S/c1-3-24-19(26)17(28-20(24)23-15-7-5-14(22)6-8-15)10-12-9-13(21)11-16(18(12)25)27-4-2/h5-11,25H,3-4H2,1-2H3/b17-10+,23-20?. The highest BCUT2D eigenvalue weighted by Gasteiger charge is 2.32. The number of amides is 1. The van der Waals surface area contributed by atoms with Gasteiger partial charge >= 0.3 is 0 Å². The number of phenolic OH excluding ortho intramolecular Hbond substituents is 1. The van der Waals surface area contributed by atoms with Gasteiger partial charge in [-0.1, -0.05) is 15.9 Å². The molecule has 2 aromatic rings. The molecular weight excluding hydrogens is 447 g/mol. The van der Waals surface area contributed by atoms with E-state index in [1.807, 2.05) is 13.8 Å². The first kappa shape index (κ1) is 20.4. The summed E-state index contributed by atoms with van der Waals surface area (Å²) in [6, 6.07) is 9.13. The number of halogens is 2. The van der Waals surface area contributed by atoms with Crippen LogP contribution >= 0.6 is 27.7 Å². The highest BCUT2D eigenvalue weighted by Crippen LogP contribution is 2.39. The van der Waals surface area contributed by atoms with Gasteiger partial charge in [0.25, 0.3) is 5.91 Å². The summed E-state index contributed by atoms with van der Waals surface area (Å²) >= 11 is 4.60. The zero-order valence-corrected chi connectivity index (χ0v) is 17.7. The fourth-order valence-electron chi connectivity index (χ4n) is 2.61. The molecule has 0 spiro atoms. The first-order valence-electron chi connectivity index (χ1n) is 8.64. The Hall–Kier alpha value is -2.32. The number of aromatic hydroxyl groups is 1. The number of carbonyl (C=O) groups is 1. The van der Waals surface area contributed by atoms with Crippen molar-refractivity contribution in [2.24, 2.45) is 4.99 Å². The number of likely N-dealkylation sites (N-methyl/N-ethyl adjacent to an activating group) is 1. The molecule has 146 valence electrons. The second-order valence-corrected chi connectivity index (χ2v) is 7.73.